The van der Waals surface area contributed by atoms with Gasteiger partial charge in [0.25, 0.3) is 0 Å². The van der Waals surface area contributed by atoms with E-state index < -0.39 is 11.7 Å². The van der Waals surface area contributed by atoms with E-state index in [1.165, 1.54) is 21.5 Å². The Morgan fingerprint density at radius 1 is 1.20 bits per heavy atom. The van der Waals surface area contributed by atoms with Crippen LogP contribution in [0.1, 0.15) is 31.4 Å². The van der Waals surface area contributed by atoms with Crippen LogP contribution in [0.5, 0.6) is 0 Å². The normalized spacial score (nSPS) is 10.6. The summed E-state index contributed by atoms with van der Waals surface area (Å²) in [6.07, 6.45) is 4.18. The van der Waals surface area contributed by atoms with Crippen molar-refractivity contribution in [2.75, 3.05) is 31.3 Å². The van der Waals surface area contributed by atoms with Crippen molar-refractivity contribution in [3.05, 3.63) is 52.2 Å². The van der Waals surface area contributed by atoms with Crippen LogP contribution in [-0.2, 0) is 6.54 Å². The zero-order valence-corrected chi connectivity index (χ0v) is 19.1. The number of fused-ring (bicyclic) bond motifs is 1. The summed E-state index contributed by atoms with van der Waals surface area (Å²) in [4.78, 5) is 35.5. The maximum atomic E-state index is 13.0. The lowest BCUT2D eigenvalue weighted by Gasteiger charge is -2.16. The molecule has 30 heavy (non-hydrogen) atoms. The van der Waals surface area contributed by atoms with E-state index in [9.17, 15) is 9.59 Å². The van der Waals surface area contributed by atoms with Crippen molar-refractivity contribution in [2.24, 2.45) is 0 Å². The summed E-state index contributed by atoms with van der Waals surface area (Å²) in [5.74, 6) is 1.34. The van der Waals surface area contributed by atoms with Gasteiger partial charge in [-0.15, -0.1) is 0 Å². The molecule has 0 aliphatic carbocycles. The molecule has 0 saturated heterocycles. The molecular weight excluding hydrogens is 400 g/mol. The molecule has 0 aliphatic rings. The molecule has 0 radical (unpaired) electrons. The first kappa shape index (κ1) is 23.5. The second kappa shape index (κ2) is 10.8. The first-order valence-electron chi connectivity index (χ1n) is 9.87. The molecule has 1 amide bonds. The third-order valence-corrected chi connectivity index (χ3v) is 5.14. The van der Waals surface area contributed by atoms with Crippen LogP contribution in [0.2, 0.25) is 0 Å². The number of anilines is 1. The number of amides is 1. The van der Waals surface area contributed by atoms with Gasteiger partial charge in [0, 0.05) is 13.6 Å². The molecule has 0 spiro atoms. The quantitative estimate of drug-likeness (QED) is 0.667. The van der Waals surface area contributed by atoms with E-state index >= 15 is 0 Å². The van der Waals surface area contributed by atoms with Crippen molar-refractivity contribution in [2.45, 2.75) is 33.7 Å². The third kappa shape index (κ3) is 5.21. The predicted molar refractivity (Wildman–Crippen MR) is 124 cm³/mol. The lowest BCUT2D eigenvalue weighted by atomic mass is 10.1. The summed E-state index contributed by atoms with van der Waals surface area (Å²) >= 11 is 1.86. The lowest BCUT2D eigenvalue weighted by molar-refractivity contribution is 0.210. The summed E-state index contributed by atoms with van der Waals surface area (Å²) in [6, 6.07) is 7.40. The van der Waals surface area contributed by atoms with Gasteiger partial charge in [-0.25, -0.2) is 24.1 Å². The molecule has 162 valence electrons. The summed E-state index contributed by atoms with van der Waals surface area (Å²) in [5.41, 5.74) is 8.16. The Morgan fingerprint density at radius 3 is 2.40 bits per heavy atom. The van der Waals surface area contributed by atoms with E-state index in [1.54, 1.807) is 7.05 Å². The van der Waals surface area contributed by atoms with Crippen molar-refractivity contribution >= 4 is 34.8 Å². The number of hydrogen-bond donors (Lipinski definition) is 1. The van der Waals surface area contributed by atoms with Crippen molar-refractivity contribution in [1.82, 2.24) is 24.0 Å². The SMILES string of the molecule is CCCN(C)C(=O)n1c(=O)n(Cc2ccc(C)cc2)c2ncnc(N)c21.CCSC. The Hall–Kier alpha value is -2.81. The van der Waals surface area contributed by atoms with Crippen LogP contribution in [0.4, 0.5) is 10.6 Å². The van der Waals surface area contributed by atoms with Crippen LogP contribution in [0, 0.1) is 6.92 Å². The highest BCUT2D eigenvalue weighted by atomic mass is 32.2. The largest absolute Gasteiger partial charge is 0.382 e. The fraction of sp³-hybridized carbons (Fsp3) is 0.429. The van der Waals surface area contributed by atoms with E-state index in [2.05, 4.69) is 23.1 Å². The lowest BCUT2D eigenvalue weighted by Crippen LogP contribution is -2.38. The summed E-state index contributed by atoms with van der Waals surface area (Å²) in [7, 11) is 1.65. The number of thioether (sulfide) groups is 1. The van der Waals surface area contributed by atoms with Crippen LogP contribution in [0.3, 0.4) is 0 Å². The Kier molecular flexibility index (Phi) is 8.46. The van der Waals surface area contributed by atoms with Gasteiger partial charge >= 0.3 is 11.7 Å². The van der Waals surface area contributed by atoms with E-state index in [-0.39, 0.29) is 11.3 Å². The van der Waals surface area contributed by atoms with Gasteiger partial charge in [-0.2, -0.15) is 11.8 Å². The number of imidazole rings is 1. The van der Waals surface area contributed by atoms with Crippen molar-refractivity contribution < 1.29 is 4.79 Å². The van der Waals surface area contributed by atoms with Gasteiger partial charge in [0.15, 0.2) is 11.5 Å². The minimum absolute atomic E-state index is 0.105. The number of benzene rings is 1. The average molecular weight is 431 g/mol. The van der Waals surface area contributed by atoms with E-state index in [4.69, 9.17) is 5.73 Å². The topological polar surface area (TPSA) is 99.0 Å². The van der Waals surface area contributed by atoms with Crippen molar-refractivity contribution in [3.63, 3.8) is 0 Å². The molecule has 9 heteroatoms. The molecule has 0 bridgehead atoms. The molecule has 0 fully saturated rings. The fourth-order valence-electron chi connectivity index (χ4n) is 2.90. The summed E-state index contributed by atoms with van der Waals surface area (Å²) in [5, 5.41) is 0. The van der Waals surface area contributed by atoms with Crippen LogP contribution >= 0.6 is 11.8 Å². The number of aryl methyl sites for hydroxylation is 1. The van der Waals surface area contributed by atoms with Crippen molar-refractivity contribution in [1.29, 1.82) is 0 Å². The Morgan fingerprint density at radius 2 is 1.83 bits per heavy atom. The van der Waals surface area contributed by atoms with Crippen LogP contribution in [-0.4, -0.2) is 55.6 Å². The van der Waals surface area contributed by atoms with Crippen LogP contribution in [0.15, 0.2) is 35.4 Å². The highest BCUT2D eigenvalue weighted by molar-refractivity contribution is 7.98. The van der Waals surface area contributed by atoms with Crippen LogP contribution in [0.25, 0.3) is 11.2 Å². The predicted octanol–water partition coefficient (Wildman–Crippen LogP) is 3.21. The van der Waals surface area contributed by atoms with E-state index in [0.29, 0.717) is 18.7 Å². The zero-order chi connectivity index (χ0) is 22.3. The smallest absolute Gasteiger partial charge is 0.339 e. The van der Waals surface area contributed by atoms with Gasteiger partial charge in [0.1, 0.15) is 11.8 Å². The molecule has 0 atom stereocenters. The van der Waals surface area contributed by atoms with E-state index in [1.807, 2.05) is 49.9 Å². The minimum atomic E-state index is -0.472. The van der Waals surface area contributed by atoms with E-state index in [0.717, 1.165) is 22.1 Å². The first-order valence-corrected chi connectivity index (χ1v) is 11.3. The maximum Gasteiger partial charge on any atom is 0.339 e. The fourth-order valence-corrected chi connectivity index (χ4v) is 2.90. The highest BCUT2D eigenvalue weighted by Crippen LogP contribution is 2.17. The van der Waals surface area contributed by atoms with Gasteiger partial charge in [-0.05, 0) is 30.9 Å². The minimum Gasteiger partial charge on any atom is -0.382 e. The monoisotopic (exact) mass is 430 g/mol. The first-order chi connectivity index (χ1) is 14.3. The summed E-state index contributed by atoms with van der Waals surface area (Å²) in [6.45, 7) is 6.93. The van der Waals surface area contributed by atoms with Gasteiger partial charge in [0.05, 0.1) is 6.54 Å². The molecule has 0 aliphatic heterocycles. The Bertz CT molecular complexity index is 1040. The number of nitrogens with two attached hydrogens (primary N) is 1. The second-order valence-electron chi connectivity index (χ2n) is 6.90. The van der Waals surface area contributed by atoms with Crippen LogP contribution < -0.4 is 11.4 Å². The molecule has 0 unspecified atom stereocenters. The Balaban J connectivity index is 0.000000735. The number of hydrogen-bond acceptors (Lipinski definition) is 6. The molecule has 0 saturated carbocycles. The zero-order valence-electron chi connectivity index (χ0n) is 18.3. The van der Waals surface area contributed by atoms with Gasteiger partial charge < -0.3 is 10.6 Å². The average Bonchev–Trinajstić information content (AvgIpc) is 3.02. The molecule has 8 nitrogen and oxygen atoms in total. The molecule has 2 heterocycles. The number of rotatable bonds is 5. The van der Waals surface area contributed by atoms with Crippen molar-refractivity contribution in [3.8, 4) is 0 Å². The molecule has 2 aromatic heterocycles. The third-order valence-electron chi connectivity index (χ3n) is 4.56. The Labute approximate surface area is 181 Å². The number of aromatic nitrogens is 4. The number of carbonyl (C=O) groups is 1. The number of nitrogen functional groups attached to an aromatic ring is 1. The van der Waals surface area contributed by atoms with Gasteiger partial charge in [-0.1, -0.05) is 43.7 Å². The molecular formula is C21H30N6O2S. The maximum absolute atomic E-state index is 13.0. The molecule has 2 N–H and O–H groups in total. The van der Waals surface area contributed by atoms with Gasteiger partial charge in [-0.3, -0.25) is 4.57 Å². The molecule has 1 aromatic carbocycles. The number of nitrogens with zero attached hydrogens (tertiary/aromatic N) is 5. The molecule has 3 aromatic rings. The highest BCUT2D eigenvalue weighted by Gasteiger charge is 2.24. The van der Waals surface area contributed by atoms with Gasteiger partial charge in [0.2, 0.25) is 0 Å². The standard InChI is InChI=1S/C18H22N6O2.C3H8S/c1-4-9-22(3)17(25)24-14-15(19)20-11-21-16(14)23(18(24)26)10-13-7-5-12(2)6-8-13;1-3-4-2/h5-8,11H,4,9-10H2,1-3H3,(H2,19,20,21);3H2,1-2H3. The second-order valence-corrected chi connectivity index (χ2v) is 8.06. The summed E-state index contributed by atoms with van der Waals surface area (Å²) < 4.78 is 2.52. The number of carbonyl (C=O) groups excluding carboxylic acids is 1. The molecule has 3 rings (SSSR count).